The number of methoxy groups -OCH3 is 1. The molecule has 0 aliphatic heterocycles. The summed E-state index contributed by atoms with van der Waals surface area (Å²) in [6.45, 7) is 4.83. The Morgan fingerprint density at radius 3 is 3.00 bits per heavy atom. The van der Waals surface area contributed by atoms with Crippen LogP contribution in [0.15, 0.2) is 17.5 Å². The van der Waals surface area contributed by atoms with E-state index in [4.69, 9.17) is 4.74 Å². The fourth-order valence-electron chi connectivity index (χ4n) is 1.81. The summed E-state index contributed by atoms with van der Waals surface area (Å²) in [6.07, 6.45) is 0. The van der Waals surface area contributed by atoms with E-state index in [-0.39, 0.29) is 0 Å². The number of nitrogens with zero attached hydrogens (tertiary/aromatic N) is 1. The van der Waals surface area contributed by atoms with Gasteiger partial charge in [-0.2, -0.15) is 0 Å². The minimum Gasteiger partial charge on any atom is -0.383 e. The monoisotopic (exact) mass is 284 g/mol. The van der Waals surface area contributed by atoms with Crippen molar-refractivity contribution in [2.75, 3.05) is 40.4 Å². The molecule has 5 heteroatoms. The number of fused-ring (bicyclic) bond motifs is 1. The maximum atomic E-state index is 5.00. The summed E-state index contributed by atoms with van der Waals surface area (Å²) in [6, 6.07) is 4.53. The van der Waals surface area contributed by atoms with Gasteiger partial charge in [0.15, 0.2) is 0 Å². The summed E-state index contributed by atoms with van der Waals surface area (Å²) in [5, 5.41) is 5.52. The summed E-state index contributed by atoms with van der Waals surface area (Å²) in [5.74, 6) is 0. The first-order valence-electron chi connectivity index (χ1n) is 6.13. The van der Waals surface area contributed by atoms with Gasteiger partial charge in [0.25, 0.3) is 0 Å². The molecule has 0 amide bonds. The first kappa shape index (κ1) is 14.0. The van der Waals surface area contributed by atoms with Crippen molar-refractivity contribution in [1.29, 1.82) is 0 Å². The third-order valence-electron chi connectivity index (χ3n) is 2.77. The zero-order valence-corrected chi connectivity index (χ0v) is 12.6. The van der Waals surface area contributed by atoms with Crippen molar-refractivity contribution in [1.82, 2.24) is 10.2 Å². The smallest absolute Gasteiger partial charge is 0.0587 e. The number of nitrogens with one attached hydrogen (secondary N) is 1. The molecule has 0 aromatic carbocycles. The second-order valence-corrected chi connectivity index (χ2v) is 6.46. The zero-order chi connectivity index (χ0) is 12.8. The molecule has 0 spiro atoms. The Kier molecular flexibility index (Phi) is 5.59. The van der Waals surface area contributed by atoms with Crippen molar-refractivity contribution < 1.29 is 4.74 Å². The summed E-state index contributed by atoms with van der Waals surface area (Å²) in [5.41, 5.74) is 0. The Balaban J connectivity index is 1.70. The largest absolute Gasteiger partial charge is 0.383 e. The number of thiophene rings is 2. The Bertz CT molecular complexity index is 438. The molecule has 0 aliphatic carbocycles. The third-order valence-corrected chi connectivity index (χ3v) is 4.85. The van der Waals surface area contributed by atoms with Crippen LogP contribution in [0.2, 0.25) is 0 Å². The minimum atomic E-state index is 0.783. The predicted molar refractivity (Wildman–Crippen MR) is 80.8 cm³/mol. The van der Waals surface area contributed by atoms with E-state index in [1.807, 2.05) is 22.7 Å². The van der Waals surface area contributed by atoms with E-state index in [2.05, 4.69) is 34.8 Å². The van der Waals surface area contributed by atoms with Crippen LogP contribution in [0.1, 0.15) is 4.88 Å². The van der Waals surface area contributed by atoms with Gasteiger partial charge in [-0.25, -0.2) is 0 Å². The lowest BCUT2D eigenvalue weighted by molar-refractivity contribution is 0.197. The van der Waals surface area contributed by atoms with E-state index >= 15 is 0 Å². The van der Waals surface area contributed by atoms with Crippen LogP contribution in [-0.4, -0.2) is 45.3 Å². The van der Waals surface area contributed by atoms with Crippen molar-refractivity contribution in [3.8, 4) is 0 Å². The molecule has 0 aliphatic rings. The molecule has 0 fully saturated rings. The van der Waals surface area contributed by atoms with Crippen LogP contribution in [0.4, 0.5) is 0 Å². The average Bonchev–Trinajstić information content (AvgIpc) is 2.89. The number of ether oxygens (including phenoxy) is 1. The van der Waals surface area contributed by atoms with Crippen LogP contribution in [0.5, 0.6) is 0 Å². The molecule has 1 N–H and O–H groups in total. The van der Waals surface area contributed by atoms with Gasteiger partial charge in [-0.15, -0.1) is 22.7 Å². The summed E-state index contributed by atoms with van der Waals surface area (Å²) >= 11 is 3.74. The van der Waals surface area contributed by atoms with Gasteiger partial charge in [0.2, 0.25) is 0 Å². The minimum absolute atomic E-state index is 0.783. The highest BCUT2D eigenvalue weighted by atomic mass is 32.1. The van der Waals surface area contributed by atoms with Gasteiger partial charge in [-0.05, 0) is 24.6 Å². The Labute approximate surface area is 116 Å². The predicted octanol–water partition coefficient (Wildman–Crippen LogP) is 2.63. The van der Waals surface area contributed by atoms with Gasteiger partial charge in [0.05, 0.1) is 6.61 Å². The molecule has 0 radical (unpaired) electrons. The highest BCUT2D eigenvalue weighted by Gasteiger charge is 2.05. The van der Waals surface area contributed by atoms with Gasteiger partial charge in [0.1, 0.15) is 0 Å². The molecule has 3 nitrogen and oxygen atoms in total. The lowest BCUT2D eigenvalue weighted by Gasteiger charge is -2.15. The molecular formula is C13H20N2OS2. The Hall–Kier alpha value is -0.460. The highest BCUT2D eigenvalue weighted by molar-refractivity contribution is 7.26. The van der Waals surface area contributed by atoms with Crippen molar-refractivity contribution >= 4 is 32.1 Å². The van der Waals surface area contributed by atoms with E-state index in [9.17, 15) is 0 Å². The number of likely N-dealkylation sites (N-methyl/N-ethyl adjacent to an activating group) is 1. The number of hydrogen-bond donors (Lipinski definition) is 1. The fourth-order valence-corrected chi connectivity index (χ4v) is 4.02. The van der Waals surface area contributed by atoms with E-state index in [1.54, 1.807) is 7.11 Å². The Morgan fingerprint density at radius 1 is 1.33 bits per heavy atom. The van der Waals surface area contributed by atoms with E-state index in [0.29, 0.717) is 0 Å². The molecule has 100 valence electrons. The number of rotatable bonds is 8. The van der Waals surface area contributed by atoms with Gasteiger partial charge in [-0.3, -0.25) is 0 Å². The first-order valence-corrected chi connectivity index (χ1v) is 7.83. The van der Waals surface area contributed by atoms with E-state index in [1.165, 1.54) is 14.3 Å². The molecule has 18 heavy (non-hydrogen) atoms. The molecule has 0 saturated carbocycles. The maximum absolute atomic E-state index is 5.00. The van der Waals surface area contributed by atoms with Crippen molar-refractivity contribution in [2.24, 2.45) is 0 Å². The summed E-state index contributed by atoms with van der Waals surface area (Å²) in [4.78, 5) is 3.81. The Morgan fingerprint density at radius 2 is 2.22 bits per heavy atom. The van der Waals surface area contributed by atoms with Gasteiger partial charge in [-0.1, -0.05) is 0 Å². The lowest BCUT2D eigenvalue weighted by Crippen LogP contribution is -2.30. The van der Waals surface area contributed by atoms with Crippen LogP contribution in [0.3, 0.4) is 0 Å². The quantitative estimate of drug-likeness (QED) is 0.754. The second-order valence-electron chi connectivity index (χ2n) is 4.34. The molecule has 2 aromatic rings. The molecular weight excluding hydrogens is 264 g/mol. The van der Waals surface area contributed by atoms with E-state index in [0.717, 1.165) is 32.8 Å². The zero-order valence-electron chi connectivity index (χ0n) is 10.9. The molecule has 0 bridgehead atoms. The molecule has 0 unspecified atom stereocenters. The molecule has 2 heterocycles. The van der Waals surface area contributed by atoms with Gasteiger partial charge < -0.3 is 15.0 Å². The van der Waals surface area contributed by atoms with Crippen LogP contribution in [-0.2, 0) is 11.3 Å². The second kappa shape index (κ2) is 7.21. The van der Waals surface area contributed by atoms with Gasteiger partial charge >= 0.3 is 0 Å². The highest BCUT2D eigenvalue weighted by Crippen LogP contribution is 2.30. The van der Waals surface area contributed by atoms with Gasteiger partial charge in [0, 0.05) is 47.6 Å². The molecule has 0 atom stereocenters. The topological polar surface area (TPSA) is 24.5 Å². The van der Waals surface area contributed by atoms with Crippen LogP contribution < -0.4 is 5.32 Å². The summed E-state index contributed by atoms with van der Waals surface area (Å²) < 4.78 is 7.83. The van der Waals surface area contributed by atoms with Crippen molar-refractivity contribution in [3.05, 3.63) is 22.4 Å². The SMILES string of the molecule is COCCNCCN(C)Cc1cc2sccc2s1. The lowest BCUT2D eigenvalue weighted by atomic mass is 10.4. The first-order chi connectivity index (χ1) is 8.79. The van der Waals surface area contributed by atoms with Crippen LogP contribution >= 0.6 is 22.7 Å². The van der Waals surface area contributed by atoms with Crippen molar-refractivity contribution in [2.45, 2.75) is 6.54 Å². The standard InChI is InChI=1S/C13H20N2OS2/c1-15(6-4-14-5-7-16-2)10-11-9-13-12(18-11)3-8-17-13/h3,8-9,14H,4-7,10H2,1-2H3. The normalized spacial score (nSPS) is 11.7. The van der Waals surface area contributed by atoms with Crippen LogP contribution in [0.25, 0.3) is 9.40 Å². The average molecular weight is 284 g/mol. The number of hydrogen-bond acceptors (Lipinski definition) is 5. The molecule has 2 aromatic heterocycles. The molecule has 2 rings (SSSR count). The fraction of sp³-hybridized carbons (Fsp3) is 0.538. The third kappa shape index (κ3) is 4.03. The molecule has 0 saturated heterocycles. The van der Waals surface area contributed by atoms with Crippen molar-refractivity contribution in [3.63, 3.8) is 0 Å². The summed E-state index contributed by atoms with van der Waals surface area (Å²) in [7, 11) is 3.90. The van der Waals surface area contributed by atoms with Crippen LogP contribution in [0, 0.1) is 0 Å². The van der Waals surface area contributed by atoms with E-state index < -0.39 is 0 Å². The maximum Gasteiger partial charge on any atom is 0.0587 e.